The highest BCUT2D eigenvalue weighted by Crippen LogP contribution is 2.42. The van der Waals surface area contributed by atoms with Gasteiger partial charge in [-0.2, -0.15) is 0 Å². The molecule has 0 bridgehead atoms. The number of rotatable bonds is 4. The highest BCUT2D eigenvalue weighted by molar-refractivity contribution is 6.05. The Balaban J connectivity index is 3.54. The van der Waals surface area contributed by atoms with E-state index in [2.05, 4.69) is 0 Å². The highest BCUT2D eigenvalue weighted by Gasteiger charge is 2.57. The molecule has 0 unspecified atom stereocenters. The van der Waals surface area contributed by atoms with E-state index in [1.54, 1.807) is 32.9 Å². The van der Waals surface area contributed by atoms with Gasteiger partial charge in [0.15, 0.2) is 5.41 Å². The Hall–Kier alpha value is -2.04. The molecule has 104 valence electrons. The van der Waals surface area contributed by atoms with Crippen molar-refractivity contribution in [2.24, 2.45) is 5.41 Å². The fraction of sp³-hybridized carbons (Fsp3) is 0.429. The Kier molecular flexibility index (Phi) is 3.88. The van der Waals surface area contributed by atoms with Crippen LogP contribution in [-0.4, -0.2) is 29.3 Å². The van der Waals surface area contributed by atoms with Crippen molar-refractivity contribution in [2.75, 3.05) is 7.11 Å². The minimum atomic E-state index is -2.00. The molecule has 1 aromatic carbocycles. The van der Waals surface area contributed by atoms with E-state index in [1.807, 2.05) is 0 Å². The fourth-order valence-corrected chi connectivity index (χ4v) is 2.25. The van der Waals surface area contributed by atoms with E-state index in [0.29, 0.717) is 5.75 Å². The average Bonchev–Trinajstić information content (AvgIpc) is 2.27. The monoisotopic (exact) mass is 266 g/mol. The van der Waals surface area contributed by atoms with E-state index in [4.69, 9.17) is 4.74 Å². The van der Waals surface area contributed by atoms with Crippen molar-refractivity contribution < 1.29 is 24.5 Å². The first-order chi connectivity index (χ1) is 8.67. The summed E-state index contributed by atoms with van der Waals surface area (Å²) in [5.74, 6) is -2.21. The summed E-state index contributed by atoms with van der Waals surface area (Å²) in [6.07, 6.45) is 0. The lowest BCUT2D eigenvalue weighted by molar-refractivity contribution is -0.164. The van der Waals surface area contributed by atoms with Crippen molar-refractivity contribution in [3.05, 3.63) is 29.8 Å². The number of carbonyl (C=O) groups is 2. The number of benzene rings is 1. The minimum absolute atomic E-state index is 0.223. The standard InChI is InChI=1S/C14H18O5/c1-13(2,3)14(11(15)16,12(17)18)9-5-7-10(19-4)8-6-9/h5-8H,1-4H3,(H,15,16)(H,17,18). The second-order valence-electron chi connectivity index (χ2n) is 5.34. The predicted molar refractivity (Wildman–Crippen MR) is 69.4 cm³/mol. The molecule has 1 aromatic rings. The van der Waals surface area contributed by atoms with Crippen LogP contribution in [0.1, 0.15) is 26.3 Å². The van der Waals surface area contributed by atoms with Crippen LogP contribution >= 0.6 is 0 Å². The molecule has 0 saturated carbocycles. The van der Waals surface area contributed by atoms with Gasteiger partial charge in [-0.3, -0.25) is 9.59 Å². The number of hydrogen-bond donors (Lipinski definition) is 2. The fourth-order valence-electron chi connectivity index (χ4n) is 2.25. The molecule has 0 amide bonds. The Morgan fingerprint density at radius 2 is 1.42 bits per heavy atom. The maximum atomic E-state index is 11.7. The third-order valence-corrected chi connectivity index (χ3v) is 3.29. The largest absolute Gasteiger partial charge is 0.497 e. The molecule has 19 heavy (non-hydrogen) atoms. The minimum Gasteiger partial charge on any atom is -0.497 e. The summed E-state index contributed by atoms with van der Waals surface area (Å²) in [6, 6.07) is 6.07. The summed E-state index contributed by atoms with van der Waals surface area (Å²) in [4.78, 5) is 23.3. The lowest BCUT2D eigenvalue weighted by atomic mass is 9.62. The van der Waals surface area contributed by atoms with Gasteiger partial charge >= 0.3 is 11.9 Å². The number of methoxy groups -OCH3 is 1. The Morgan fingerprint density at radius 1 is 1.00 bits per heavy atom. The van der Waals surface area contributed by atoms with Gasteiger partial charge < -0.3 is 14.9 Å². The first kappa shape index (κ1) is 15.0. The molecule has 0 spiro atoms. The molecule has 0 aromatic heterocycles. The number of ether oxygens (including phenoxy) is 1. The van der Waals surface area contributed by atoms with Crippen LogP contribution in [0.4, 0.5) is 0 Å². The maximum Gasteiger partial charge on any atom is 0.326 e. The van der Waals surface area contributed by atoms with Crippen LogP contribution in [0.3, 0.4) is 0 Å². The summed E-state index contributed by atoms with van der Waals surface area (Å²) in [6.45, 7) is 4.79. The van der Waals surface area contributed by atoms with Gasteiger partial charge in [-0.05, 0) is 23.1 Å². The molecule has 0 atom stereocenters. The topological polar surface area (TPSA) is 83.8 Å². The molecule has 1 rings (SSSR count). The molecule has 0 aliphatic carbocycles. The smallest absolute Gasteiger partial charge is 0.326 e. The van der Waals surface area contributed by atoms with Crippen molar-refractivity contribution in [2.45, 2.75) is 26.2 Å². The maximum absolute atomic E-state index is 11.7. The zero-order valence-electron chi connectivity index (χ0n) is 11.4. The summed E-state index contributed by atoms with van der Waals surface area (Å²) in [5.41, 5.74) is -2.76. The lowest BCUT2D eigenvalue weighted by Gasteiger charge is -2.37. The van der Waals surface area contributed by atoms with Crippen molar-refractivity contribution >= 4 is 11.9 Å². The number of carboxylic acid groups (broad SMARTS) is 2. The van der Waals surface area contributed by atoms with E-state index in [0.717, 1.165) is 0 Å². The van der Waals surface area contributed by atoms with Gasteiger partial charge in [0.2, 0.25) is 0 Å². The number of carboxylic acids is 2. The average molecular weight is 266 g/mol. The molecule has 5 nitrogen and oxygen atoms in total. The zero-order chi connectivity index (χ0) is 14.8. The van der Waals surface area contributed by atoms with Crippen molar-refractivity contribution in [1.29, 1.82) is 0 Å². The van der Waals surface area contributed by atoms with Crippen molar-refractivity contribution in [3.63, 3.8) is 0 Å². The molecular weight excluding hydrogens is 248 g/mol. The first-order valence-electron chi connectivity index (χ1n) is 5.79. The van der Waals surface area contributed by atoms with Crippen LogP contribution in [-0.2, 0) is 15.0 Å². The molecular formula is C14H18O5. The third kappa shape index (κ3) is 2.28. The van der Waals surface area contributed by atoms with Crippen LogP contribution < -0.4 is 4.74 Å². The molecule has 0 radical (unpaired) electrons. The van der Waals surface area contributed by atoms with Gasteiger partial charge in [0.05, 0.1) is 7.11 Å². The quantitative estimate of drug-likeness (QED) is 0.816. The Bertz CT molecular complexity index is 468. The normalized spacial score (nSPS) is 12.0. The van der Waals surface area contributed by atoms with Gasteiger partial charge in [-0.1, -0.05) is 32.9 Å². The molecule has 2 N–H and O–H groups in total. The summed E-state index contributed by atoms with van der Waals surface area (Å²) in [7, 11) is 1.49. The van der Waals surface area contributed by atoms with Gasteiger partial charge in [0.1, 0.15) is 5.75 Å². The van der Waals surface area contributed by atoms with E-state index >= 15 is 0 Å². The van der Waals surface area contributed by atoms with Gasteiger partial charge in [-0.25, -0.2) is 0 Å². The SMILES string of the molecule is COc1ccc(C(C(=O)O)(C(=O)O)C(C)(C)C)cc1. The summed E-state index contributed by atoms with van der Waals surface area (Å²) < 4.78 is 4.99. The summed E-state index contributed by atoms with van der Waals surface area (Å²) >= 11 is 0. The number of hydrogen-bond acceptors (Lipinski definition) is 3. The highest BCUT2D eigenvalue weighted by atomic mass is 16.5. The molecule has 0 aliphatic heterocycles. The molecule has 5 heteroatoms. The molecule has 0 heterocycles. The predicted octanol–water partition coefficient (Wildman–Crippen LogP) is 2.15. The first-order valence-corrected chi connectivity index (χ1v) is 5.79. The van der Waals surface area contributed by atoms with E-state index in [-0.39, 0.29) is 5.56 Å². The van der Waals surface area contributed by atoms with Gasteiger partial charge in [-0.15, -0.1) is 0 Å². The zero-order valence-corrected chi connectivity index (χ0v) is 11.4. The van der Waals surface area contributed by atoms with Crippen molar-refractivity contribution in [3.8, 4) is 5.75 Å². The van der Waals surface area contributed by atoms with Crippen LogP contribution in [0.2, 0.25) is 0 Å². The van der Waals surface area contributed by atoms with Crippen LogP contribution in [0.5, 0.6) is 5.75 Å². The lowest BCUT2D eigenvalue weighted by Crippen LogP contribution is -2.53. The third-order valence-electron chi connectivity index (χ3n) is 3.29. The molecule has 0 fully saturated rings. The van der Waals surface area contributed by atoms with Gasteiger partial charge in [0.25, 0.3) is 0 Å². The summed E-state index contributed by atoms with van der Waals surface area (Å²) in [5, 5.41) is 19.0. The van der Waals surface area contributed by atoms with E-state index in [1.165, 1.54) is 19.2 Å². The number of aliphatic carboxylic acids is 2. The van der Waals surface area contributed by atoms with E-state index in [9.17, 15) is 19.8 Å². The van der Waals surface area contributed by atoms with Crippen LogP contribution in [0.25, 0.3) is 0 Å². The van der Waals surface area contributed by atoms with Gasteiger partial charge in [0, 0.05) is 0 Å². The van der Waals surface area contributed by atoms with E-state index < -0.39 is 22.8 Å². The van der Waals surface area contributed by atoms with Crippen LogP contribution in [0, 0.1) is 5.41 Å². The second-order valence-corrected chi connectivity index (χ2v) is 5.34. The Morgan fingerprint density at radius 3 is 1.68 bits per heavy atom. The second kappa shape index (κ2) is 4.91. The van der Waals surface area contributed by atoms with Crippen molar-refractivity contribution in [1.82, 2.24) is 0 Å². The molecule has 0 aliphatic rings. The van der Waals surface area contributed by atoms with Crippen LogP contribution in [0.15, 0.2) is 24.3 Å². The molecule has 0 saturated heterocycles. The Labute approximate surface area is 111 Å².